The van der Waals surface area contributed by atoms with Gasteiger partial charge in [-0.25, -0.2) is 0 Å². The van der Waals surface area contributed by atoms with Gasteiger partial charge in [-0.3, -0.25) is 0 Å². The zero-order valence-corrected chi connectivity index (χ0v) is 11.9. The molecule has 0 unspecified atom stereocenters. The van der Waals surface area contributed by atoms with Crippen LogP contribution < -0.4 is 10.6 Å². The molecule has 0 fully saturated rings. The largest absolute Gasteiger partial charge is 0.357 e. The van der Waals surface area contributed by atoms with Crippen LogP contribution in [0.1, 0.15) is 19.4 Å². The maximum atomic E-state index is 5.86. The number of halogens is 1. The van der Waals surface area contributed by atoms with Crippen molar-refractivity contribution in [3.05, 3.63) is 41.2 Å². The van der Waals surface area contributed by atoms with Gasteiger partial charge in [-0.1, -0.05) is 30.3 Å². The molecule has 1 aromatic heterocycles. The van der Waals surface area contributed by atoms with E-state index in [9.17, 15) is 0 Å². The van der Waals surface area contributed by atoms with E-state index < -0.39 is 0 Å². The molecule has 0 radical (unpaired) electrons. The fourth-order valence-electron chi connectivity index (χ4n) is 1.72. The lowest BCUT2D eigenvalue weighted by Gasteiger charge is -2.26. The van der Waals surface area contributed by atoms with Gasteiger partial charge in [0.1, 0.15) is 0 Å². The third kappa shape index (κ3) is 3.32. The second-order valence-corrected chi connectivity index (χ2v) is 4.96. The number of hydrogen-bond acceptors (Lipinski definition) is 5. The molecule has 2 N–H and O–H groups in total. The minimum absolute atomic E-state index is 0.158. The van der Waals surface area contributed by atoms with Crippen LogP contribution in [-0.2, 0) is 5.54 Å². The molecular formula is C13H16ClN5. The first-order valence-electron chi connectivity index (χ1n) is 5.94. The van der Waals surface area contributed by atoms with Crippen molar-refractivity contribution < 1.29 is 0 Å². The topological polar surface area (TPSA) is 62.7 Å². The third-order valence-corrected chi connectivity index (χ3v) is 2.92. The molecule has 0 saturated heterocycles. The van der Waals surface area contributed by atoms with Crippen LogP contribution in [0.5, 0.6) is 0 Å². The van der Waals surface area contributed by atoms with Crippen molar-refractivity contribution >= 4 is 23.5 Å². The summed E-state index contributed by atoms with van der Waals surface area (Å²) < 4.78 is 0. The summed E-state index contributed by atoms with van der Waals surface area (Å²) in [5.41, 5.74) is 0.828. The standard InChI is InChI=1S/C13H16ClN5/c1-13(2,9-7-5-4-6-8-9)19-12-17-10(14)16-11(15-3)18-12/h4-8H,1-3H3,(H2,15,16,17,18,19). The second-order valence-electron chi connectivity index (χ2n) is 4.62. The first kappa shape index (κ1) is 13.5. The van der Waals surface area contributed by atoms with Gasteiger partial charge in [-0.05, 0) is 31.0 Å². The van der Waals surface area contributed by atoms with E-state index in [1.807, 2.05) is 18.2 Å². The molecule has 19 heavy (non-hydrogen) atoms. The summed E-state index contributed by atoms with van der Waals surface area (Å²) in [5, 5.41) is 6.27. The molecule has 1 heterocycles. The van der Waals surface area contributed by atoms with E-state index in [0.29, 0.717) is 11.9 Å². The summed E-state index contributed by atoms with van der Waals surface area (Å²) >= 11 is 5.86. The van der Waals surface area contributed by atoms with Gasteiger partial charge < -0.3 is 10.6 Å². The molecule has 0 aliphatic rings. The molecule has 0 aliphatic carbocycles. The van der Waals surface area contributed by atoms with Crippen LogP contribution in [0, 0.1) is 0 Å². The summed E-state index contributed by atoms with van der Waals surface area (Å²) in [4.78, 5) is 12.3. The van der Waals surface area contributed by atoms with Crippen LogP contribution in [0.4, 0.5) is 11.9 Å². The lowest BCUT2D eigenvalue weighted by Crippen LogP contribution is -2.29. The number of hydrogen-bond donors (Lipinski definition) is 2. The molecule has 1 aromatic carbocycles. The Labute approximate surface area is 117 Å². The Bertz CT molecular complexity index is 556. The average Bonchev–Trinajstić information content (AvgIpc) is 2.38. The van der Waals surface area contributed by atoms with E-state index in [1.165, 1.54) is 0 Å². The van der Waals surface area contributed by atoms with Crippen LogP contribution >= 0.6 is 11.6 Å². The van der Waals surface area contributed by atoms with Crippen LogP contribution in [-0.4, -0.2) is 22.0 Å². The van der Waals surface area contributed by atoms with Gasteiger partial charge in [0.05, 0.1) is 5.54 Å². The van der Waals surface area contributed by atoms with Gasteiger partial charge in [-0.15, -0.1) is 0 Å². The third-order valence-electron chi connectivity index (χ3n) is 2.75. The number of nitrogens with one attached hydrogen (secondary N) is 2. The Morgan fingerprint density at radius 2 is 1.63 bits per heavy atom. The molecule has 0 atom stereocenters. The predicted octanol–water partition coefficient (Wildman–Crippen LogP) is 2.91. The monoisotopic (exact) mass is 277 g/mol. The van der Waals surface area contributed by atoms with Crippen molar-refractivity contribution in [3.63, 3.8) is 0 Å². The number of nitrogens with zero attached hydrogens (tertiary/aromatic N) is 3. The summed E-state index contributed by atoms with van der Waals surface area (Å²) in [6.07, 6.45) is 0. The number of anilines is 2. The van der Waals surface area contributed by atoms with E-state index in [-0.39, 0.29) is 10.8 Å². The second kappa shape index (κ2) is 5.40. The first-order chi connectivity index (χ1) is 9.01. The van der Waals surface area contributed by atoms with Gasteiger partial charge in [0.2, 0.25) is 17.2 Å². The van der Waals surface area contributed by atoms with Crippen molar-refractivity contribution in [2.24, 2.45) is 0 Å². The van der Waals surface area contributed by atoms with Crippen molar-refractivity contribution in [2.45, 2.75) is 19.4 Å². The molecule has 100 valence electrons. The Morgan fingerprint density at radius 1 is 1.00 bits per heavy atom. The summed E-state index contributed by atoms with van der Waals surface area (Å²) in [7, 11) is 1.73. The SMILES string of the molecule is CNc1nc(Cl)nc(NC(C)(C)c2ccccc2)n1. The minimum Gasteiger partial charge on any atom is -0.357 e. The highest BCUT2D eigenvalue weighted by Gasteiger charge is 2.21. The highest BCUT2D eigenvalue weighted by molar-refractivity contribution is 6.28. The molecule has 0 saturated carbocycles. The number of benzene rings is 1. The maximum Gasteiger partial charge on any atom is 0.229 e. The van der Waals surface area contributed by atoms with Crippen molar-refractivity contribution in [1.29, 1.82) is 0 Å². The van der Waals surface area contributed by atoms with Gasteiger partial charge in [-0.2, -0.15) is 15.0 Å². The van der Waals surface area contributed by atoms with E-state index in [0.717, 1.165) is 5.56 Å². The van der Waals surface area contributed by atoms with Crippen LogP contribution in [0.2, 0.25) is 5.28 Å². The molecule has 0 bridgehead atoms. The molecule has 0 spiro atoms. The van der Waals surface area contributed by atoms with Crippen molar-refractivity contribution in [1.82, 2.24) is 15.0 Å². The first-order valence-corrected chi connectivity index (χ1v) is 6.32. The van der Waals surface area contributed by atoms with Crippen LogP contribution in [0.3, 0.4) is 0 Å². The van der Waals surface area contributed by atoms with Crippen molar-refractivity contribution in [3.8, 4) is 0 Å². The fraction of sp³-hybridized carbons (Fsp3) is 0.308. The molecular weight excluding hydrogens is 262 g/mol. The lowest BCUT2D eigenvalue weighted by molar-refractivity contribution is 0.601. The molecule has 5 nitrogen and oxygen atoms in total. The maximum absolute atomic E-state index is 5.86. The predicted molar refractivity (Wildman–Crippen MR) is 77.5 cm³/mol. The minimum atomic E-state index is -0.309. The summed E-state index contributed by atoms with van der Waals surface area (Å²) in [6.45, 7) is 4.11. The Morgan fingerprint density at radius 3 is 2.26 bits per heavy atom. The van der Waals surface area contributed by atoms with Gasteiger partial charge in [0.25, 0.3) is 0 Å². The Kier molecular flexibility index (Phi) is 3.85. The van der Waals surface area contributed by atoms with Crippen LogP contribution in [0.15, 0.2) is 30.3 Å². The molecule has 2 rings (SSSR count). The highest BCUT2D eigenvalue weighted by Crippen LogP contribution is 2.24. The fourth-order valence-corrected chi connectivity index (χ4v) is 1.88. The van der Waals surface area contributed by atoms with Gasteiger partial charge >= 0.3 is 0 Å². The van der Waals surface area contributed by atoms with E-state index in [2.05, 4.69) is 51.6 Å². The van der Waals surface area contributed by atoms with Gasteiger partial charge in [0, 0.05) is 7.05 Å². The smallest absolute Gasteiger partial charge is 0.229 e. The average molecular weight is 278 g/mol. The molecule has 0 amide bonds. The number of rotatable bonds is 4. The quantitative estimate of drug-likeness (QED) is 0.900. The Hall–Kier alpha value is -1.88. The van der Waals surface area contributed by atoms with Crippen LogP contribution in [0.25, 0.3) is 0 Å². The summed E-state index contributed by atoms with van der Waals surface area (Å²) in [6, 6.07) is 10.1. The summed E-state index contributed by atoms with van der Waals surface area (Å²) in [5.74, 6) is 0.879. The van der Waals surface area contributed by atoms with Crippen molar-refractivity contribution in [2.75, 3.05) is 17.7 Å². The van der Waals surface area contributed by atoms with E-state index >= 15 is 0 Å². The van der Waals surface area contributed by atoms with E-state index in [1.54, 1.807) is 7.05 Å². The highest BCUT2D eigenvalue weighted by atomic mass is 35.5. The van der Waals surface area contributed by atoms with Gasteiger partial charge in [0.15, 0.2) is 0 Å². The molecule has 6 heteroatoms. The number of aromatic nitrogens is 3. The zero-order chi connectivity index (χ0) is 13.9. The normalized spacial score (nSPS) is 11.2. The molecule has 2 aromatic rings. The lowest BCUT2D eigenvalue weighted by atomic mass is 9.95. The Balaban J connectivity index is 2.27. The molecule has 0 aliphatic heterocycles. The zero-order valence-electron chi connectivity index (χ0n) is 11.1. The van der Waals surface area contributed by atoms with E-state index in [4.69, 9.17) is 11.6 Å².